The molecule has 0 spiro atoms. The van der Waals surface area contributed by atoms with E-state index in [0.29, 0.717) is 13.0 Å². The van der Waals surface area contributed by atoms with Gasteiger partial charge in [0, 0.05) is 36.2 Å². The predicted octanol–water partition coefficient (Wildman–Crippen LogP) is 2.75. The third-order valence-electron chi connectivity index (χ3n) is 4.90. The number of aromatic amines is 1. The van der Waals surface area contributed by atoms with Gasteiger partial charge in [-0.1, -0.05) is 11.6 Å². The van der Waals surface area contributed by atoms with E-state index in [1.807, 2.05) is 0 Å². The number of carbonyl (C=O) groups excluding carboxylic acids is 1. The summed E-state index contributed by atoms with van der Waals surface area (Å²) in [6, 6.07) is 6.60. The molecule has 1 aliphatic carbocycles. The highest BCUT2D eigenvalue weighted by atomic mass is 16.3. The van der Waals surface area contributed by atoms with Crippen LogP contribution in [0.2, 0.25) is 0 Å². The fourth-order valence-electron chi connectivity index (χ4n) is 3.42. The van der Waals surface area contributed by atoms with Crippen molar-refractivity contribution in [3.05, 3.63) is 35.0 Å². The number of aliphatic hydroxyl groups excluding tert-OH is 1. The van der Waals surface area contributed by atoms with Gasteiger partial charge in [-0.25, -0.2) is 4.79 Å². The first kappa shape index (κ1) is 16.8. The lowest BCUT2D eigenvalue weighted by molar-refractivity contribution is 0.162. The van der Waals surface area contributed by atoms with Gasteiger partial charge < -0.3 is 20.3 Å². The van der Waals surface area contributed by atoms with Gasteiger partial charge in [0.25, 0.3) is 0 Å². The molecule has 1 aromatic carbocycles. The maximum Gasteiger partial charge on any atom is 0.317 e. The van der Waals surface area contributed by atoms with Crippen molar-refractivity contribution >= 4 is 16.9 Å². The Morgan fingerprint density at radius 3 is 3.04 bits per heavy atom. The van der Waals surface area contributed by atoms with Crippen LogP contribution in [0.3, 0.4) is 0 Å². The van der Waals surface area contributed by atoms with E-state index in [0.717, 1.165) is 19.3 Å². The van der Waals surface area contributed by atoms with Crippen LogP contribution in [0.25, 0.3) is 10.9 Å². The van der Waals surface area contributed by atoms with E-state index in [1.165, 1.54) is 27.7 Å². The Kier molecular flexibility index (Phi) is 4.81. The highest BCUT2D eigenvalue weighted by Gasteiger charge is 2.24. The maximum absolute atomic E-state index is 12.3. The lowest BCUT2D eigenvalue weighted by Crippen LogP contribution is -2.45. The molecule has 1 aliphatic rings. The van der Waals surface area contributed by atoms with E-state index in [9.17, 15) is 9.90 Å². The zero-order valence-corrected chi connectivity index (χ0v) is 14.7. The molecule has 0 bridgehead atoms. The summed E-state index contributed by atoms with van der Waals surface area (Å²) in [7, 11) is 1.78. The van der Waals surface area contributed by atoms with Gasteiger partial charge in [-0.3, -0.25) is 0 Å². The molecule has 3 rings (SSSR count). The number of nitrogens with one attached hydrogen (secondary N) is 2. The van der Waals surface area contributed by atoms with Crippen molar-refractivity contribution in [3.8, 4) is 0 Å². The molecule has 130 valence electrons. The van der Waals surface area contributed by atoms with Crippen LogP contribution in [0.15, 0.2) is 18.2 Å². The molecule has 0 aliphatic heterocycles. The molecule has 2 aromatic rings. The molecule has 0 saturated carbocycles. The summed E-state index contributed by atoms with van der Waals surface area (Å²) in [5.41, 5.74) is 5.10. The molecule has 2 unspecified atom stereocenters. The number of hydrogen-bond donors (Lipinski definition) is 3. The van der Waals surface area contributed by atoms with Crippen molar-refractivity contribution in [1.82, 2.24) is 15.2 Å². The lowest BCUT2D eigenvalue weighted by atomic mass is 9.91. The summed E-state index contributed by atoms with van der Waals surface area (Å²) in [5, 5.41) is 13.8. The third kappa shape index (κ3) is 3.56. The van der Waals surface area contributed by atoms with E-state index in [-0.39, 0.29) is 18.2 Å². The van der Waals surface area contributed by atoms with Crippen LogP contribution in [0.1, 0.15) is 36.6 Å². The molecular formula is C19H27N3O2. The molecule has 2 atom stereocenters. The van der Waals surface area contributed by atoms with Gasteiger partial charge in [-0.15, -0.1) is 0 Å². The van der Waals surface area contributed by atoms with E-state index >= 15 is 0 Å². The predicted molar refractivity (Wildman–Crippen MR) is 96.3 cm³/mol. The number of nitrogens with zero attached hydrogens (tertiary/aromatic N) is 1. The monoisotopic (exact) mass is 329 g/mol. The number of amides is 2. The van der Waals surface area contributed by atoms with Crippen molar-refractivity contribution in [2.75, 3.05) is 13.6 Å². The van der Waals surface area contributed by atoms with E-state index < -0.39 is 0 Å². The number of rotatable bonds is 4. The second-order valence-electron chi connectivity index (χ2n) is 7.08. The Bertz CT molecular complexity index is 736. The number of hydrogen-bond acceptors (Lipinski definition) is 2. The first-order chi connectivity index (χ1) is 11.4. The zero-order chi connectivity index (χ0) is 17.3. The fourth-order valence-corrected chi connectivity index (χ4v) is 3.42. The highest BCUT2D eigenvalue weighted by molar-refractivity contribution is 5.86. The molecule has 5 heteroatoms. The summed E-state index contributed by atoms with van der Waals surface area (Å²) in [6.07, 6.45) is 3.00. The molecule has 0 radical (unpaired) electrons. The first-order valence-corrected chi connectivity index (χ1v) is 8.74. The molecule has 2 amide bonds. The SMILES string of the molecule is Cc1ccc2[nH]c3c(c2c1)CC(NC(=O)N(C)CCC(C)O)CC3. The second-order valence-corrected chi connectivity index (χ2v) is 7.08. The number of benzene rings is 1. The van der Waals surface area contributed by atoms with Crippen molar-refractivity contribution in [1.29, 1.82) is 0 Å². The van der Waals surface area contributed by atoms with Gasteiger partial charge in [0.05, 0.1) is 6.10 Å². The number of aryl methyl sites for hydroxylation is 2. The first-order valence-electron chi connectivity index (χ1n) is 8.74. The number of aromatic nitrogens is 1. The standard InChI is InChI=1S/C19H27N3O2/c1-12-4-6-17-15(10-12)16-11-14(5-7-18(16)21-17)20-19(24)22(3)9-8-13(2)23/h4,6,10,13-14,21,23H,5,7-9,11H2,1-3H3,(H,20,24). The smallest absolute Gasteiger partial charge is 0.317 e. The molecule has 3 N–H and O–H groups in total. The normalized spacial score (nSPS) is 18.2. The minimum Gasteiger partial charge on any atom is -0.393 e. The van der Waals surface area contributed by atoms with E-state index in [4.69, 9.17) is 0 Å². The van der Waals surface area contributed by atoms with Crippen molar-refractivity contribution < 1.29 is 9.90 Å². The summed E-state index contributed by atoms with van der Waals surface area (Å²) in [6.45, 7) is 4.42. The summed E-state index contributed by atoms with van der Waals surface area (Å²) < 4.78 is 0. The van der Waals surface area contributed by atoms with Gasteiger partial charge in [-0.05, 0) is 57.2 Å². The van der Waals surface area contributed by atoms with Crippen molar-refractivity contribution in [2.45, 2.75) is 51.7 Å². The molecule has 5 nitrogen and oxygen atoms in total. The molecule has 0 saturated heterocycles. The molecule has 1 heterocycles. The number of carbonyl (C=O) groups is 1. The quantitative estimate of drug-likeness (QED) is 0.807. The summed E-state index contributed by atoms with van der Waals surface area (Å²) in [4.78, 5) is 17.5. The van der Waals surface area contributed by atoms with Gasteiger partial charge in [-0.2, -0.15) is 0 Å². The topological polar surface area (TPSA) is 68.4 Å². The number of fused-ring (bicyclic) bond motifs is 3. The zero-order valence-electron chi connectivity index (χ0n) is 14.7. The van der Waals surface area contributed by atoms with E-state index in [2.05, 4.69) is 35.4 Å². The molecule has 0 fully saturated rings. The van der Waals surface area contributed by atoms with Crippen LogP contribution < -0.4 is 5.32 Å². The Morgan fingerprint density at radius 1 is 1.50 bits per heavy atom. The van der Waals surface area contributed by atoms with Gasteiger partial charge in [0.15, 0.2) is 0 Å². The minimum absolute atomic E-state index is 0.0554. The average Bonchev–Trinajstić information content (AvgIpc) is 2.90. The third-order valence-corrected chi connectivity index (χ3v) is 4.90. The van der Waals surface area contributed by atoms with Crippen molar-refractivity contribution in [2.24, 2.45) is 0 Å². The Hall–Kier alpha value is -2.01. The molecule has 1 aromatic heterocycles. The second kappa shape index (κ2) is 6.85. The van der Waals surface area contributed by atoms with Crippen LogP contribution >= 0.6 is 0 Å². The summed E-state index contributed by atoms with van der Waals surface area (Å²) >= 11 is 0. The van der Waals surface area contributed by atoms with Crippen molar-refractivity contribution in [3.63, 3.8) is 0 Å². The maximum atomic E-state index is 12.3. The van der Waals surface area contributed by atoms with Gasteiger partial charge in [0.2, 0.25) is 0 Å². The average molecular weight is 329 g/mol. The fraction of sp³-hybridized carbons (Fsp3) is 0.526. The van der Waals surface area contributed by atoms with E-state index in [1.54, 1.807) is 18.9 Å². The highest BCUT2D eigenvalue weighted by Crippen LogP contribution is 2.29. The molecule has 24 heavy (non-hydrogen) atoms. The lowest BCUT2D eigenvalue weighted by Gasteiger charge is -2.27. The number of urea groups is 1. The Balaban J connectivity index is 1.67. The Morgan fingerprint density at radius 2 is 2.29 bits per heavy atom. The van der Waals surface area contributed by atoms with Crippen LogP contribution in [-0.2, 0) is 12.8 Å². The minimum atomic E-state index is -0.382. The van der Waals surface area contributed by atoms with Crippen LogP contribution in [0.4, 0.5) is 4.79 Å². The van der Waals surface area contributed by atoms with Crippen LogP contribution in [-0.4, -0.2) is 46.8 Å². The van der Waals surface area contributed by atoms with Gasteiger partial charge in [0.1, 0.15) is 0 Å². The number of H-pyrrole nitrogens is 1. The Labute approximate surface area is 143 Å². The largest absolute Gasteiger partial charge is 0.393 e. The van der Waals surface area contributed by atoms with Crippen LogP contribution in [0, 0.1) is 6.92 Å². The van der Waals surface area contributed by atoms with Gasteiger partial charge >= 0.3 is 6.03 Å². The summed E-state index contributed by atoms with van der Waals surface area (Å²) in [5.74, 6) is 0. The van der Waals surface area contributed by atoms with Crippen LogP contribution in [0.5, 0.6) is 0 Å². The molecular weight excluding hydrogens is 302 g/mol. The number of aliphatic hydroxyl groups is 1.